The fourth-order valence-corrected chi connectivity index (χ4v) is 2.25. The summed E-state index contributed by atoms with van der Waals surface area (Å²) in [5, 5.41) is 6.49. The van der Waals surface area contributed by atoms with Gasteiger partial charge in [-0.05, 0) is 26.0 Å². The van der Waals surface area contributed by atoms with Crippen LogP contribution in [0.2, 0.25) is 0 Å². The lowest BCUT2D eigenvalue weighted by Gasteiger charge is -2.13. The maximum atomic E-state index is 5.47. The third kappa shape index (κ3) is 3.20. The molecule has 0 amide bonds. The van der Waals surface area contributed by atoms with E-state index in [1.807, 2.05) is 42.8 Å². The molecule has 2 rings (SSSR count). The van der Waals surface area contributed by atoms with Crippen molar-refractivity contribution in [3.05, 3.63) is 40.8 Å². The predicted octanol–water partition coefficient (Wildman–Crippen LogP) is 3.71. The van der Waals surface area contributed by atoms with Gasteiger partial charge in [0.2, 0.25) is 0 Å². The minimum atomic E-state index is 0.215. The Morgan fingerprint density at radius 1 is 1.47 bits per heavy atom. The first kappa shape index (κ1) is 11.9. The number of rotatable bonds is 5. The van der Waals surface area contributed by atoms with E-state index in [4.69, 9.17) is 4.74 Å². The van der Waals surface area contributed by atoms with E-state index in [9.17, 15) is 0 Å². The molecule has 1 atom stereocenters. The highest BCUT2D eigenvalue weighted by Crippen LogP contribution is 2.23. The first-order valence-electron chi connectivity index (χ1n) is 5.68. The van der Waals surface area contributed by atoms with E-state index < -0.39 is 0 Å². The summed E-state index contributed by atoms with van der Waals surface area (Å²) in [6.07, 6.45) is 1.83. The second-order valence-corrected chi connectivity index (χ2v) is 4.62. The molecule has 0 saturated carbocycles. The van der Waals surface area contributed by atoms with Crippen LogP contribution in [0.4, 0.5) is 5.69 Å². The number of hydrogen-bond acceptors (Lipinski definition) is 4. The van der Waals surface area contributed by atoms with Gasteiger partial charge in [0.25, 0.3) is 0 Å². The number of nitrogens with zero attached hydrogens (tertiary/aromatic N) is 1. The van der Waals surface area contributed by atoms with Crippen molar-refractivity contribution >= 4 is 17.0 Å². The highest BCUT2D eigenvalue weighted by molar-refractivity contribution is 7.09. The van der Waals surface area contributed by atoms with E-state index in [0.29, 0.717) is 6.61 Å². The Hall–Kier alpha value is -1.55. The number of aromatic nitrogens is 1. The van der Waals surface area contributed by atoms with Crippen molar-refractivity contribution in [1.82, 2.24) is 4.98 Å². The predicted molar refractivity (Wildman–Crippen MR) is 71.8 cm³/mol. The SMILES string of the molecule is CCOc1cccc(NC(C)c2nccs2)c1. The molecule has 0 aliphatic rings. The van der Waals surface area contributed by atoms with Crippen molar-refractivity contribution < 1.29 is 4.74 Å². The molecule has 0 radical (unpaired) electrons. The van der Waals surface area contributed by atoms with Gasteiger partial charge in [0.1, 0.15) is 10.8 Å². The number of anilines is 1. The van der Waals surface area contributed by atoms with Crippen LogP contribution in [-0.4, -0.2) is 11.6 Å². The second kappa shape index (κ2) is 5.68. The van der Waals surface area contributed by atoms with Gasteiger partial charge < -0.3 is 10.1 Å². The van der Waals surface area contributed by atoms with Gasteiger partial charge in [-0.15, -0.1) is 11.3 Å². The lowest BCUT2D eigenvalue weighted by molar-refractivity contribution is 0.340. The molecule has 17 heavy (non-hydrogen) atoms. The van der Waals surface area contributed by atoms with Crippen molar-refractivity contribution in [2.75, 3.05) is 11.9 Å². The summed E-state index contributed by atoms with van der Waals surface area (Å²) in [5.74, 6) is 0.892. The molecule has 0 aliphatic heterocycles. The Morgan fingerprint density at radius 2 is 2.35 bits per heavy atom. The van der Waals surface area contributed by atoms with Gasteiger partial charge in [0, 0.05) is 23.3 Å². The van der Waals surface area contributed by atoms with E-state index in [-0.39, 0.29) is 6.04 Å². The van der Waals surface area contributed by atoms with Crippen molar-refractivity contribution in [3.63, 3.8) is 0 Å². The van der Waals surface area contributed by atoms with Crippen LogP contribution in [0.3, 0.4) is 0 Å². The van der Waals surface area contributed by atoms with Gasteiger partial charge in [0.15, 0.2) is 0 Å². The molecule has 2 aromatic rings. The van der Waals surface area contributed by atoms with Crippen molar-refractivity contribution in [2.24, 2.45) is 0 Å². The van der Waals surface area contributed by atoms with Gasteiger partial charge in [-0.2, -0.15) is 0 Å². The van der Waals surface area contributed by atoms with E-state index in [2.05, 4.69) is 17.2 Å². The van der Waals surface area contributed by atoms with Gasteiger partial charge >= 0.3 is 0 Å². The Labute approximate surface area is 105 Å². The summed E-state index contributed by atoms with van der Waals surface area (Å²) in [5.41, 5.74) is 1.05. The Bertz CT molecular complexity index is 456. The molecular formula is C13H16N2OS. The average Bonchev–Trinajstić information content (AvgIpc) is 2.83. The van der Waals surface area contributed by atoms with Crippen molar-refractivity contribution in [2.45, 2.75) is 19.9 Å². The fourth-order valence-electron chi connectivity index (χ4n) is 1.60. The molecule has 1 heterocycles. The van der Waals surface area contributed by atoms with Crippen LogP contribution in [-0.2, 0) is 0 Å². The largest absolute Gasteiger partial charge is 0.494 e. The van der Waals surface area contributed by atoms with E-state index in [0.717, 1.165) is 16.4 Å². The topological polar surface area (TPSA) is 34.1 Å². The van der Waals surface area contributed by atoms with Crippen LogP contribution in [0.5, 0.6) is 5.75 Å². The third-order valence-electron chi connectivity index (χ3n) is 2.35. The third-order valence-corrected chi connectivity index (χ3v) is 3.31. The highest BCUT2D eigenvalue weighted by atomic mass is 32.1. The zero-order valence-electron chi connectivity index (χ0n) is 10.0. The van der Waals surface area contributed by atoms with Crippen LogP contribution in [0.1, 0.15) is 24.9 Å². The summed E-state index contributed by atoms with van der Waals surface area (Å²) in [6.45, 7) is 4.77. The summed E-state index contributed by atoms with van der Waals surface area (Å²) >= 11 is 1.66. The summed E-state index contributed by atoms with van der Waals surface area (Å²) in [7, 11) is 0. The number of nitrogens with one attached hydrogen (secondary N) is 1. The zero-order chi connectivity index (χ0) is 12.1. The molecular weight excluding hydrogens is 232 g/mol. The van der Waals surface area contributed by atoms with Gasteiger partial charge in [-0.1, -0.05) is 6.07 Å². The van der Waals surface area contributed by atoms with E-state index >= 15 is 0 Å². The Balaban J connectivity index is 2.05. The van der Waals surface area contributed by atoms with Gasteiger partial charge in [-0.3, -0.25) is 0 Å². The first-order valence-corrected chi connectivity index (χ1v) is 6.56. The summed E-state index contributed by atoms with van der Waals surface area (Å²) in [4.78, 5) is 4.30. The summed E-state index contributed by atoms with van der Waals surface area (Å²) < 4.78 is 5.47. The number of thiazole rings is 1. The molecule has 1 N–H and O–H groups in total. The van der Waals surface area contributed by atoms with Crippen LogP contribution in [0.15, 0.2) is 35.8 Å². The molecule has 0 saturated heterocycles. The van der Waals surface area contributed by atoms with Gasteiger partial charge in [0.05, 0.1) is 12.6 Å². The lowest BCUT2D eigenvalue weighted by atomic mass is 10.2. The molecule has 4 heteroatoms. The van der Waals surface area contributed by atoms with Crippen molar-refractivity contribution in [1.29, 1.82) is 0 Å². The fraction of sp³-hybridized carbons (Fsp3) is 0.308. The maximum absolute atomic E-state index is 5.47. The van der Waals surface area contributed by atoms with Gasteiger partial charge in [-0.25, -0.2) is 4.98 Å². The van der Waals surface area contributed by atoms with E-state index in [1.165, 1.54) is 0 Å². The summed E-state index contributed by atoms with van der Waals surface area (Å²) in [6, 6.07) is 8.21. The lowest BCUT2D eigenvalue weighted by Crippen LogP contribution is -2.06. The normalized spacial score (nSPS) is 12.1. The van der Waals surface area contributed by atoms with Crippen molar-refractivity contribution in [3.8, 4) is 5.75 Å². The standard InChI is InChI=1S/C13H16N2OS/c1-3-16-12-6-4-5-11(9-12)15-10(2)13-14-7-8-17-13/h4-10,15H,3H2,1-2H3. The first-order chi connectivity index (χ1) is 8.29. The molecule has 3 nitrogen and oxygen atoms in total. The molecule has 0 bridgehead atoms. The smallest absolute Gasteiger partial charge is 0.121 e. The molecule has 0 aliphatic carbocycles. The van der Waals surface area contributed by atoms with Crippen LogP contribution in [0, 0.1) is 0 Å². The number of hydrogen-bond donors (Lipinski definition) is 1. The quantitative estimate of drug-likeness (QED) is 0.875. The minimum absolute atomic E-state index is 0.215. The molecule has 1 aromatic heterocycles. The highest BCUT2D eigenvalue weighted by Gasteiger charge is 2.07. The molecule has 0 fully saturated rings. The Kier molecular flexibility index (Phi) is 3.98. The van der Waals surface area contributed by atoms with Crippen LogP contribution in [0.25, 0.3) is 0 Å². The molecule has 90 valence electrons. The van der Waals surface area contributed by atoms with E-state index in [1.54, 1.807) is 11.3 Å². The molecule has 0 spiro atoms. The average molecular weight is 248 g/mol. The molecule has 1 aromatic carbocycles. The number of benzene rings is 1. The second-order valence-electron chi connectivity index (χ2n) is 3.70. The molecule has 1 unspecified atom stereocenters. The maximum Gasteiger partial charge on any atom is 0.121 e. The van der Waals surface area contributed by atoms with Crippen LogP contribution >= 0.6 is 11.3 Å². The number of ether oxygens (including phenoxy) is 1. The van der Waals surface area contributed by atoms with Crippen LogP contribution < -0.4 is 10.1 Å². The minimum Gasteiger partial charge on any atom is -0.494 e. The Morgan fingerprint density at radius 3 is 3.06 bits per heavy atom. The zero-order valence-corrected chi connectivity index (χ0v) is 10.8. The monoisotopic (exact) mass is 248 g/mol.